The Morgan fingerprint density at radius 2 is 2.07 bits per heavy atom. The lowest BCUT2D eigenvalue weighted by Crippen LogP contribution is -2.71. The summed E-state index contributed by atoms with van der Waals surface area (Å²) >= 11 is 0. The zero-order valence-corrected chi connectivity index (χ0v) is 17.3. The highest BCUT2D eigenvalue weighted by atomic mass is 16.5. The van der Waals surface area contributed by atoms with Crippen molar-refractivity contribution < 1.29 is 14.2 Å². The van der Waals surface area contributed by atoms with Crippen molar-refractivity contribution in [3.8, 4) is 11.5 Å². The summed E-state index contributed by atoms with van der Waals surface area (Å²) in [6.45, 7) is 7.54. The Labute approximate surface area is 162 Å². The van der Waals surface area contributed by atoms with Gasteiger partial charge in [0.25, 0.3) is 0 Å². The maximum absolute atomic E-state index is 6.01. The van der Waals surface area contributed by atoms with Gasteiger partial charge in [-0.05, 0) is 38.0 Å². The topological polar surface area (TPSA) is 64.1 Å². The maximum atomic E-state index is 6.01. The van der Waals surface area contributed by atoms with Crippen molar-refractivity contribution in [1.29, 1.82) is 0 Å². The van der Waals surface area contributed by atoms with Crippen LogP contribution in [-0.2, 0) is 4.74 Å². The Balaban J connectivity index is 1.70. The van der Waals surface area contributed by atoms with Crippen LogP contribution in [0.3, 0.4) is 0 Å². The third kappa shape index (κ3) is 3.72. The van der Waals surface area contributed by atoms with E-state index < -0.39 is 0 Å². The highest BCUT2D eigenvalue weighted by Crippen LogP contribution is 2.51. The van der Waals surface area contributed by atoms with Gasteiger partial charge in [0.15, 0.2) is 5.96 Å². The van der Waals surface area contributed by atoms with E-state index in [4.69, 9.17) is 14.2 Å². The number of methoxy groups -OCH3 is 2. The number of ether oxygens (including phenoxy) is 3. The van der Waals surface area contributed by atoms with Crippen LogP contribution in [0.1, 0.15) is 45.2 Å². The molecule has 0 radical (unpaired) electrons. The lowest BCUT2D eigenvalue weighted by Gasteiger charge is -2.60. The summed E-state index contributed by atoms with van der Waals surface area (Å²) < 4.78 is 16.9. The second kappa shape index (κ2) is 7.97. The molecule has 1 aromatic rings. The molecule has 6 nitrogen and oxygen atoms in total. The van der Waals surface area contributed by atoms with Crippen molar-refractivity contribution in [3.05, 3.63) is 23.8 Å². The average molecular weight is 376 g/mol. The minimum atomic E-state index is 0.0165. The second-order valence-corrected chi connectivity index (χ2v) is 8.09. The van der Waals surface area contributed by atoms with Gasteiger partial charge >= 0.3 is 0 Å². The zero-order valence-electron chi connectivity index (χ0n) is 17.3. The fourth-order valence-corrected chi connectivity index (χ4v) is 4.59. The predicted molar refractivity (Wildman–Crippen MR) is 108 cm³/mol. The van der Waals surface area contributed by atoms with Gasteiger partial charge in [0.2, 0.25) is 0 Å². The van der Waals surface area contributed by atoms with E-state index in [9.17, 15) is 0 Å². The van der Waals surface area contributed by atoms with Crippen molar-refractivity contribution in [3.63, 3.8) is 0 Å². The van der Waals surface area contributed by atoms with Crippen LogP contribution < -0.4 is 20.1 Å². The van der Waals surface area contributed by atoms with Crippen LogP contribution in [0.5, 0.6) is 11.5 Å². The molecule has 4 unspecified atom stereocenters. The molecule has 2 N–H and O–H groups in total. The fourth-order valence-electron chi connectivity index (χ4n) is 4.59. The van der Waals surface area contributed by atoms with Gasteiger partial charge in [-0.1, -0.05) is 13.8 Å². The average Bonchev–Trinajstić information content (AvgIpc) is 2.70. The highest BCUT2D eigenvalue weighted by molar-refractivity contribution is 5.81. The van der Waals surface area contributed by atoms with E-state index in [1.165, 1.54) is 6.42 Å². The Hall–Kier alpha value is -1.95. The summed E-state index contributed by atoms with van der Waals surface area (Å²) in [5.74, 6) is 2.99. The van der Waals surface area contributed by atoms with E-state index in [2.05, 4.69) is 36.4 Å². The molecule has 1 saturated heterocycles. The number of nitrogens with zero attached hydrogens (tertiary/aromatic N) is 1. The van der Waals surface area contributed by atoms with E-state index in [1.807, 2.05) is 25.2 Å². The van der Waals surface area contributed by atoms with Crippen LogP contribution in [0.4, 0.5) is 0 Å². The molecule has 1 aliphatic carbocycles. The quantitative estimate of drug-likeness (QED) is 0.611. The van der Waals surface area contributed by atoms with E-state index in [1.54, 1.807) is 14.2 Å². The van der Waals surface area contributed by atoms with Crippen LogP contribution in [-0.4, -0.2) is 46.0 Å². The van der Waals surface area contributed by atoms with Crippen molar-refractivity contribution >= 4 is 5.96 Å². The largest absolute Gasteiger partial charge is 0.497 e. The fraction of sp³-hybridized carbons (Fsp3) is 0.667. The van der Waals surface area contributed by atoms with Gasteiger partial charge in [0.05, 0.1) is 26.4 Å². The molecule has 2 fully saturated rings. The first-order valence-corrected chi connectivity index (χ1v) is 9.75. The number of aliphatic imine (C=N–C) groups is 1. The number of hydrogen-bond acceptors (Lipinski definition) is 4. The molecule has 27 heavy (non-hydrogen) atoms. The molecule has 0 bridgehead atoms. The van der Waals surface area contributed by atoms with E-state index in [0.717, 1.165) is 36.0 Å². The van der Waals surface area contributed by atoms with Crippen molar-refractivity contribution in [2.24, 2.45) is 16.3 Å². The van der Waals surface area contributed by atoms with Gasteiger partial charge in [-0.3, -0.25) is 4.99 Å². The smallest absolute Gasteiger partial charge is 0.191 e. The summed E-state index contributed by atoms with van der Waals surface area (Å²) in [6.07, 6.45) is 2.69. The molecule has 0 spiro atoms. The third-order valence-electron chi connectivity index (χ3n) is 6.10. The predicted octanol–water partition coefficient (Wildman–Crippen LogP) is 3.13. The van der Waals surface area contributed by atoms with Crippen molar-refractivity contribution in [2.45, 2.75) is 51.8 Å². The Kier molecular flexibility index (Phi) is 5.84. The summed E-state index contributed by atoms with van der Waals surface area (Å²) in [5.41, 5.74) is 1.13. The van der Waals surface area contributed by atoms with Gasteiger partial charge in [-0.25, -0.2) is 0 Å². The normalized spacial score (nSPS) is 27.8. The Morgan fingerprint density at radius 3 is 2.74 bits per heavy atom. The molecule has 6 heteroatoms. The lowest BCUT2D eigenvalue weighted by atomic mass is 9.55. The van der Waals surface area contributed by atoms with E-state index in [-0.39, 0.29) is 11.5 Å². The summed E-state index contributed by atoms with van der Waals surface area (Å²) in [6, 6.07) is 6.21. The summed E-state index contributed by atoms with van der Waals surface area (Å²) in [4.78, 5) is 4.46. The number of hydrogen-bond donors (Lipinski definition) is 2. The molecule has 1 aliphatic heterocycles. The minimum Gasteiger partial charge on any atom is -0.497 e. The molecule has 150 valence electrons. The zero-order chi connectivity index (χ0) is 19.6. The van der Waals surface area contributed by atoms with Crippen LogP contribution >= 0.6 is 0 Å². The van der Waals surface area contributed by atoms with Gasteiger partial charge in [-0.2, -0.15) is 0 Å². The molecule has 0 aromatic heterocycles. The number of fused-ring (bicyclic) bond motifs is 1. The molecule has 0 amide bonds. The van der Waals surface area contributed by atoms with Gasteiger partial charge in [0.1, 0.15) is 11.5 Å². The van der Waals surface area contributed by atoms with Crippen molar-refractivity contribution in [1.82, 2.24) is 10.6 Å². The number of nitrogens with one attached hydrogen (secondary N) is 2. The van der Waals surface area contributed by atoms with Crippen molar-refractivity contribution in [2.75, 3.05) is 27.9 Å². The monoisotopic (exact) mass is 375 g/mol. The molecule has 1 aromatic carbocycles. The Morgan fingerprint density at radius 1 is 1.30 bits per heavy atom. The molecule has 1 saturated carbocycles. The van der Waals surface area contributed by atoms with Crippen LogP contribution in [0.2, 0.25) is 0 Å². The molecule has 3 rings (SSSR count). The van der Waals surface area contributed by atoms with Crippen LogP contribution in [0, 0.1) is 11.3 Å². The molecule has 1 heterocycles. The van der Waals surface area contributed by atoms with Crippen LogP contribution in [0.25, 0.3) is 0 Å². The summed E-state index contributed by atoms with van der Waals surface area (Å²) in [5, 5.41) is 7.15. The Bertz CT molecular complexity index is 689. The number of benzene rings is 1. The third-order valence-corrected chi connectivity index (χ3v) is 6.10. The second-order valence-electron chi connectivity index (χ2n) is 8.09. The molecular formula is C21H33N3O3. The molecular weight excluding hydrogens is 342 g/mol. The first kappa shape index (κ1) is 19.8. The van der Waals surface area contributed by atoms with Gasteiger partial charge in [-0.15, -0.1) is 0 Å². The first-order valence-electron chi connectivity index (χ1n) is 9.75. The van der Waals surface area contributed by atoms with Crippen LogP contribution in [0.15, 0.2) is 23.2 Å². The summed E-state index contributed by atoms with van der Waals surface area (Å²) in [7, 11) is 5.17. The lowest BCUT2D eigenvalue weighted by molar-refractivity contribution is -0.188. The van der Waals surface area contributed by atoms with Gasteiger partial charge in [0, 0.05) is 36.6 Å². The van der Waals surface area contributed by atoms with Gasteiger partial charge < -0.3 is 24.8 Å². The van der Waals surface area contributed by atoms with E-state index in [0.29, 0.717) is 18.1 Å². The molecule has 2 aliphatic rings. The highest BCUT2D eigenvalue weighted by Gasteiger charge is 2.58. The number of rotatable bonds is 5. The van der Waals surface area contributed by atoms with E-state index >= 15 is 0 Å². The SMILES string of the molecule is CN=C(NC(C)c1cc(OC)ccc1OC)NC1C2CCCOC2C1(C)C. The standard InChI is InChI=1S/C21H33N3O3/c1-13(16-12-14(25-5)9-10-17(16)26-6)23-20(22-4)24-18-15-8-7-11-27-19(15)21(18,2)3/h9-10,12-13,15,18-19H,7-8,11H2,1-6H3,(H2,22,23,24). The maximum Gasteiger partial charge on any atom is 0.191 e. The molecule has 4 atom stereocenters. The number of guanidine groups is 1. The first-order chi connectivity index (χ1) is 12.9. The minimum absolute atomic E-state index is 0.0165.